The molecule has 0 heterocycles. The van der Waals surface area contributed by atoms with Gasteiger partial charge in [0.25, 0.3) is 11.8 Å². The molecule has 0 saturated heterocycles. The van der Waals surface area contributed by atoms with Crippen molar-refractivity contribution in [3.63, 3.8) is 0 Å². The molecule has 35 heavy (non-hydrogen) atoms. The van der Waals surface area contributed by atoms with Crippen molar-refractivity contribution in [3.8, 4) is 11.5 Å². The van der Waals surface area contributed by atoms with Crippen LogP contribution in [-0.4, -0.2) is 50.4 Å². The van der Waals surface area contributed by atoms with Crippen molar-refractivity contribution in [2.45, 2.75) is 0 Å². The van der Waals surface area contributed by atoms with E-state index >= 15 is 0 Å². The molecule has 0 unspecified atom stereocenters. The smallest absolute Gasteiger partial charge is 0.257 e. The van der Waals surface area contributed by atoms with E-state index in [0.717, 1.165) is 5.75 Å². The zero-order valence-electron chi connectivity index (χ0n) is 19.3. The molecule has 3 N–H and O–H groups in total. The van der Waals surface area contributed by atoms with E-state index in [-0.39, 0.29) is 16.9 Å². The molecule has 0 spiro atoms. The van der Waals surface area contributed by atoms with Gasteiger partial charge in [0.2, 0.25) is 0 Å². The number of hydrogen-bond acceptors (Lipinski definition) is 6. The van der Waals surface area contributed by atoms with Gasteiger partial charge in [0, 0.05) is 30.5 Å². The number of carbonyl (C=O) groups excluding carboxylic acids is 2. The molecule has 3 aromatic rings. The van der Waals surface area contributed by atoms with E-state index < -0.39 is 0 Å². The second-order valence-corrected chi connectivity index (χ2v) is 7.68. The number of methoxy groups -OCH3 is 1. The predicted octanol–water partition coefficient (Wildman–Crippen LogP) is 3.65. The van der Waals surface area contributed by atoms with E-state index in [1.54, 1.807) is 55.6 Å². The number of anilines is 1. The SMILES string of the molecule is COCCNC(=O)c1ccc(NC(=S)NC(=O)c2cccc(OCCOc3ccccc3)c2)cc1. The molecule has 0 fully saturated rings. The fourth-order valence-corrected chi connectivity index (χ4v) is 3.18. The van der Waals surface area contributed by atoms with Crippen LogP contribution in [-0.2, 0) is 4.74 Å². The van der Waals surface area contributed by atoms with E-state index in [1.807, 2.05) is 30.3 Å². The Labute approximate surface area is 209 Å². The molecule has 0 atom stereocenters. The monoisotopic (exact) mass is 493 g/mol. The minimum Gasteiger partial charge on any atom is -0.490 e. The fraction of sp³-hybridized carbons (Fsp3) is 0.192. The van der Waals surface area contributed by atoms with Gasteiger partial charge < -0.3 is 24.8 Å². The lowest BCUT2D eigenvalue weighted by molar-refractivity contribution is 0.0935. The highest BCUT2D eigenvalue weighted by atomic mass is 32.1. The fourth-order valence-electron chi connectivity index (χ4n) is 2.97. The minimum atomic E-state index is -0.373. The Morgan fingerprint density at radius 1 is 0.771 bits per heavy atom. The molecular weight excluding hydrogens is 466 g/mol. The second kappa shape index (κ2) is 13.7. The Bertz CT molecular complexity index is 1120. The molecule has 0 aliphatic carbocycles. The number of benzene rings is 3. The van der Waals surface area contributed by atoms with Crippen LogP contribution in [0.15, 0.2) is 78.9 Å². The molecule has 0 aliphatic heterocycles. The number of thiocarbonyl (C=S) groups is 1. The van der Waals surface area contributed by atoms with E-state index in [2.05, 4.69) is 16.0 Å². The summed E-state index contributed by atoms with van der Waals surface area (Å²) in [6.07, 6.45) is 0. The summed E-state index contributed by atoms with van der Waals surface area (Å²) >= 11 is 5.25. The molecule has 0 bridgehead atoms. The Morgan fingerprint density at radius 3 is 2.17 bits per heavy atom. The number of nitrogens with one attached hydrogen (secondary N) is 3. The van der Waals surface area contributed by atoms with Crippen LogP contribution in [0.2, 0.25) is 0 Å². The highest BCUT2D eigenvalue weighted by Gasteiger charge is 2.10. The zero-order valence-corrected chi connectivity index (χ0v) is 20.1. The van der Waals surface area contributed by atoms with Crippen LogP contribution in [0.5, 0.6) is 11.5 Å². The average molecular weight is 494 g/mol. The van der Waals surface area contributed by atoms with Crippen molar-refractivity contribution in [3.05, 3.63) is 90.0 Å². The first kappa shape index (κ1) is 25.7. The number of para-hydroxylation sites is 1. The molecule has 3 rings (SSSR count). The summed E-state index contributed by atoms with van der Waals surface area (Å²) in [6.45, 7) is 1.58. The highest BCUT2D eigenvalue weighted by Crippen LogP contribution is 2.14. The summed E-state index contributed by atoms with van der Waals surface area (Å²) in [7, 11) is 1.57. The van der Waals surface area contributed by atoms with Crippen LogP contribution in [0.25, 0.3) is 0 Å². The summed E-state index contributed by atoms with van der Waals surface area (Å²) in [6, 6.07) is 23.0. The maximum atomic E-state index is 12.6. The molecule has 0 saturated carbocycles. The van der Waals surface area contributed by atoms with Crippen molar-refractivity contribution in [2.24, 2.45) is 0 Å². The van der Waals surface area contributed by atoms with Gasteiger partial charge in [-0.25, -0.2) is 0 Å². The third-order valence-corrected chi connectivity index (χ3v) is 4.89. The summed E-state index contributed by atoms with van der Waals surface area (Å²) < 4.78 is 16.2. The lowest BCUT2D eigenvalue weighted by Crippen LogP contribution is -2.34. The molecule has 182 valence electrons. The maximum Gasteiger partial charge on any atom is 0.257 e. The first-order valence-corrected chi connectivity index (χ1v) is 11.4. The first-order chi connectivity index (χ1) is 17.0. The van der Waals surface area contributed by atoms with Crippen molar-refractivity contribution >= 4 is 34.8 Å². The summed E-state index contributed by atoms with van der Waals surface area (Å²) in [5, 5.41) is 8.46. The predicted molar refractivity (Wildman–Crippen MR) is 138 cm³/mol. The lowest BCUT2D eigenvalue weighted by atomic mass is 10.2. The molecule has 9 heteroatoms. The number of amides is 2. The Kier molecular flexibility index (Phi) is 10.0. The number of rotatable bonds is 11. The van der Waals surface area contributed by atoms with Gasteiger partial charge in [0.05, 0.1) is 6.61 Å². The molecule has 0 aromatic heterocycles. The Hall–Kier alpha value is -3.95. The largest absolute Gasteiger partial charge is 0.490 e. The van der Waals surface area contributed by atoms with Crippen LogP contribution < -0.4 is 25.4 Å². The number of carbonyl (C=O) groups is 2. The van der Waals surface area contributed by atoms with Crippen molar-refractivity contribution in [1.82, 2.24) is 10.6 Å². The number of ether oxygens (including phenoxy) is 3. The van der Waals surface area contributed by atoms with Gasteiger partial charge in [-0.1, -0.05) is 24.3 Å². The van der Waals surface area contributed by atoms with Gasteiger partial charge in [-0.2, -0.15) is 0 Å². The van der Waals surface area contributed by atoms with Gasteiger partial charge >= 0.3 is 0 Å². The van der Waals surface area contributed by atoms with Crippen molar-refractivity contribution in [2.75, 3.05) is 38.8 Å². The van der Waals surface area contributed by atoms with Gasteiger partial charge in [-0.15, -0.1) is 0 Å². The number of hydrogen-bond donors (Lipinski definition) is 3. The lowest BCUT2D eigenvalue weighted by Gasteiger charge is -2.12. The van der Waals surface area contributed by atoms with Crippen LogP contribution >= 0.6 is 12.2 Å². The first-order valence-electron chi connectivity index (χ1n) is 11.0. The van der Waals surface area contributed by atoms with Crippen LogP contribution in [0.1, 0.15) is 20.7 Å². The topological polar surface area (TPSA) is 97.9 Å². The van der Waals surface area contributed by atoms with Crippen LogP contribution in [0.3, 0.4) is 0 Å². The molecule has 3 aromatic carbocycles. The van der Waals surface area contributed by atoms with Gasteiger partial charge in [-0.05, 0) is 66.8 Å². The normalized spacial score (nSPS) is 10.2. The van der Waals surface area contributed by atoms with Crippen molar-refractivity contribution in [1.29, 1.82) is 0 Å². The average Bonchev–Trinajstić information content (AvgIpc) is 2.88. The second-order valence-electron chi connectivity index (χ2n) is 7.27. The Morgan fingerprint density at radius 2 is 1.46 bits per heavy atom. The third kappa shape index (κ3) is 8.73. The molecule has 2 amide bonds. The molecule has 8 nitrogen and oxygen atoms in total. The highest BCUT2D eigenvalue weighted by molar-refractivity contribution is 7.80. The van der Waals surface area contributed by atoms with Crippen LogP contribution in [0, 0.1) is 0 Å². The van der Waals surface area contributed by atoms with E-state index in [4.69, 9.17) is 26.4 Å². The Balaban J connectivity index is 1.45. The van der Waals surface area contributed by atoms with Crippen molar-refractivity contribution < 1.29 is 23.8 Å². The maximum absolute atomic E-state index is 12.6. The molecular formula is C26H27N3O5S. The van der Waals surface area contributed by atoms with Gasteiger partial charge in [-0.3, -0.25) is 14.9 Å². The van der Waals surface area contributed by atoms with E-state index in [1.165, 1.54) is 0 Å². The molecule has 0 radical (unpaired) electrons. The van der Waals surface area contributed by atoms with E-state index in [9.17, 15) is 9.59 Å². The van der Waals surface area contributed by atoms with Crippen LogP contribution in [0.4, 0.5) is 5.69 Å². The minimum absolute atomic E-state index is 0.134. The third-order valence-electron chi connectivity index (χ3n) is 4.68. The quantitative estimate of drug-likeness (QED) is 0.277. The standard InChI is InChI=1S/C26H27N3O5S/c1-32-15-14-27-24(30)19-10-12-21(13-11-19)28-26(35)29-25(31)20-6-5-9-23(18-20)34-17-16-33-22-7-3-2-4-8-22/h2-13,18H,14-17H2,1H3,(H,27,30)(H2,28,29,31,35). The molecule has 0 aliphatic rings. The summed E-state index contributed by atoms with van der Waals surface area (Å²) in [5.74, 6) is 0.749. The zero-order chi connectivity index (χ0) is 24.9. The summed E-state index contributed by atoms with van der Waals surface area (Å²) in [5.41, 5.74) is 1.55. The van der Waals surface area contributed by atoms with Gasteiger partial charge in [0.15, 0.2) is 5.11 Å². The van der Waals surface area contributed by atoms with Gasteiger partial charge in [0.1, 0.15) is 24.7 Å². The van der Waals surface area contributed by atoms with E-state index in [0.29, 0.717) is 48.9 Å². The summed E-state index contributed by atoms with van der Waals surface area (Å²) in [4.78, 5) is 24.6.